The number of hydrogen-bond donors (Lipinski definition) is 0. The Balaban J connectivity index is 1.28. The molecule has 0 N–H and O–H groups in total. The van der Waals surface area contributed by atoms with Crippen molar-refractivity contribution in [1.82, 2.24) is 9.80 Å². The molecule has 2 aliphatic heterocycles. The van der Waals surface area contributed by atoms with Crippen molar-refractivity contribution in [1.29, 1.82) is 10.5 Å². The minimum absolute atomic E-state index is 0.0376. The largest absolute Gasteiger partial charge is 0.458 e. The van der Waals surface area contributed by atoms with Crippen LogP contribution in [0.4, 0.5) is 56.9 Å². The molecule has 0 aliphatic carbocycles. The molecule has 0 fully saturated rings. The smallest absolute Gasteiger partial charge is 0.418 e. The van der Waals surface area contributed by atoms with Crippen molar-refractivity contribution in [3.05, 3.63) is 166 Å². The zero-order chi connectivity index (χ0) is 62.2. The van der Waals surface area contributed by atoms with Gasteiger partial charge in [0.2, 0.25) is 0 Å². The van der Waals surface area contributed by atoms with E-state index in [1.807, 2.05) is 0 Å². The average molecular weight is 1210 g/mol. The Morgan fingerprint density at radius 3 is 1.24 bits per heavy atom. The molecule has 84 heavy (non-hydrogen) atoms. The number of carbonyl (C=O) groups is 6. The fourth-order valence-electron chi connectivity index (χ4n) is 9.09. The summed E-state index contributed by atoms with van der Waals surface area (Å²) in [5, 5.41) is 19.3. The molecule has 0 saturated heterocycles. The van der Waals surface area contributed by atoms with Crippen molar-refractivity contribution in [3.63, 3.8) is 0 Å². The van der Waals surface area contributed by atoms with Crippen molar-refractivity contribution >= 4 is 67.2 Å². The number of esters is 2. The first kappa shape index (κ1) is 63.9. The zero-order valence-corrected chi connectivity index (χ0v) is 46.6. The third-order valence-corrected chi connectivity index (χ3v) is 15.1. The summed E-state index contributed by atoms with van der Waals surface area (Å²) < 4.78 is 159. The van der Waals surface area contributed by atoms with Crippen molar-refractivity contribution in [3.8, 4) is 12.1 Å². The molecule has 2 heterocycles. The van der Waals surface area contributed by atoms with Gasteiger partial charge in [0.1, 0.15) is 25.3 Å². The molecule has 2 aliphatic rings. The van der Waals surface area contributed by atoms with Gasteiger partial charge in [-0.15, -0.1) is 0 Å². The maximum atomic E-state index is 14.7. The number of halogens is 6. The second-order valence-corrected chi connectivity index (χ2v) is 22.5. The Hall–Kier alpha value is -9.28. The molecule has 0 aromatic heterocycles. The van der Waals surface area contributed by atoms with Crippen LogP contribution in [0.3, 0.4) is 0 Å². The van der Waals surface area contributed by atoms with E-state index in [-0.39, 0.29) is 48.2 Å². The molecular weight excluding hydrogens is 1160 g/mol. The fraction of sp³-hybridized carbons (Fsp3) is 0.286. The van der Waals surface area contributed by atoms with E-state index >= 15 is 0 Å². The lowest BCUT2D eigenvalue weighted by Gasteiger charge is -2.41. The summed E-state index contributed by atoms with van der Waals surface area (Å²) in [5.74, 6) is -2.52. The van der Waals surface area contributed by atoms with Crippen LogP contribution in [-0.4, -0.2) is 102 Å². The average Bonchev–Trinajstić information content (AvgIpc) is 0.858. The highest BCUT2D eigenvalue weighted by atomic mass is 32.2. The highest BCUT2D eigenvalue weighted by Crippen LogP contribution is 2.46. The van der Waals surface area contributed by atoms with Crippen LogP contribution in [0.25, 0.3) is 0 Å². The maximum Gasteiger partial charge on any atom is 0.418 e. The number of alkyl halides is 6. The number of imide groups is 2. The lowest BCUT2D eigenvalue weighted by atomic mass is 9.92. The highest BCUT2D eigenvalue weighted by Gasteiger charge is 2.50. The second-order valence-electron chi connectivity index (χ2n) is 18.6. The number of rotatable bonds is 19. The number of benzene rings is 4. The molecule has 4 aromatic rings. The van der Waals surface area contributed by atoms with E-state index in [2.05, 4.69) is 13.2 Å². The van der Waals surface area contributed by atoms with Crippen molar-refractivity contribution < 1.29 is 90.9 Å². The Morgan fingerprint density at radius 2 is 0.929 bits per heavy atom. The zero-order valence-electron chi connectivity index (χ0n) is 44.9. The van der Waals surface area contributed by atoms with Gasteiger partial charge in [0.05, 0.1) is 79.9 Å². The molecular formula is C56H50F6N6O14S2. The number of unbranched alkanes of at least 4 members (excludes halogenated alkanes) is 3. The number of allylic oxidation sites excluding steroid dienone is 2. The van der Waals surface area contributed by atoms with Gasteiger partial charge in [0.15, 0.2) is 19.7 Å². The van der Waals surface area contributed by atoms with Gasteiger partial charge in [-0.05, 0) is 111 Å². The van der Waals surface area contributed by atoms with Crippen LogP contribution in [0.1, 0.15) is 85.0 Å². The predicted octanol–water partition coefficient (Wildman–Crippen LogP) is 10.8. The molecule has 0 bridgehead atoms. The molecule has 2 atom stereocenters. The number of nitrogens with zero attached hydrogens (tertiary/aromatic N) is 6. The van der Waals surface area contributed by atoms with E-state index < -0.39 is 161 Å². The Morgan fingerprint density at radius 1 is 0.571 bits per heavy atom. The van der Waals surface area contributed by atoms with Gasteiger partial charge < -0.3 is 18.9 Å². The van der Waals surface area contributed by atoms with Gasteiger partial charge in [-0.25, -0.2) is 55.4 Å². The first-order valence-corrected chi connectivity index (χ1v) is 28.6. The fourth-order valence-corrected chi connectivity index (χ4v) is 11.0. The monoisotopic (exact) mass is 1210 g/mol. The van der Waals surface area contributed by atoms with Gasteiger partial charge in [-0.1, -0.05) is 49.6 Å². The molecule has 6 amide bonds. The molecule has 0 saturated carbocycles. The van der Waals surface area contributed by atoms with E-state index in [9.17, 15) is 82.5 Å². The van der Waals surface area contributed by atoms with Crippen molar-refractivity contribution in [2.24, 2.45) is 0 Å². The number of carbonyl (C=O) groups excluding carboxylic acids is 6. The molecule has 4 aromatic carbocycles. The number of ether oxygens (including phenoxy) is 4. The van der Waals surface area contributed by atoms with Crippen molar-refractivity contribution in [2.45, 2.75) is 73.8 Å². The Kier molecular flexibility index (Phi) is 19.7. The van der Waals surface area contributed by atoms with Crippen molar-refractivity contribution in [2.75, 3.05) is 48.7 Å². The van der Waals surface area contributed by atoms with Gasteiger partial charge >= 0.3 is 48.5 Å². The standard InChI is InChI=1S/C56H50F6N6O14S2/c1-7-23-79-49(69)45-33(3)65(39-17-13-15-37(29-39)55(57,58)59)51(71)67(47(45)41-21-19-35(31-63)27-43(41)83(5,75)76)53(73)81-25-11-9-10-12-26-82-54(74)68-48(42-22-20-36(32-64)28-44(42)84(6,77)78)46(50(70)80-24-8-2)34(4)66(52(68)72)40-18-14-16-38(30-40)56(60,61)62/h7-8,13-22,27-30,47-48H,1-2,9-12,23-26H2,3-6H3/t47-,48-/m1/s1. The van der Waals surface area contributed by atoms with Gasteiger partial charge in [-0.3, -0.25) is 9.80 Å². The summed E-state index contributed by atoms with van der Waals surface area (Å²) in [7, 11) is -8.74. The van der Waals surface area contributed by atoms with Crippen LogP contribution in [-0.2, 0) is 60.6 Å². The molecule has 0 spiro atoms. The molecule has 442 valence electrons. The summed E-state index contributed by atoms with van der Waals surface area (Å²) in [6.45, 7) is 7.28. The quantitative estimate of drug-likeness (QED) is 0.0278. The summed E-state index contributed by atoms with van der Waals surface area (Å²) >= 11 is 0. The third-order valence-electron chi connectivity index (χ3n) is 12.8. The van der Waals surface area contributed by atoms with Crippen LogP contribution in [0.15, 0.2) is 143 Å². The predicted molar refractivity (Wildman–Crippen MR) is 285 cm³/mol. The van der Waals surface area contributed by atoms with E-state index in [1.165, 1.54) is 0 Å². The number of amides is 6. The van der Waals surface area contributed by atoms with Crippen LogP contribution >= 0.6 is 0 Å². The van der Waals surface area contributed by atoms with E-state index in [1.54, 1.807) is 12.1 Å². The first-order chi connectivity index (χ1) is 39.4. The maximum absolute atomic E-state index is 14.7. The lowest BCUT2D eigenvalue weighted by Crippen LogP contribution is -2.53. The molecule has 20 nitrogen and oxygen atoms in total. The highest BCUT2D eigenvalue weighted by molar-refractivity contribution is 7.91. The van der Waals surface area contributed by atoms with Crippen LogP contribution in [0.2, 0.25) is 0 Å². The van der Waals surface area contributed by atoms with E-state index in [0.717, 1.165) is 99.2 Å². The topological polar surface area (TPSA) is 268 Å². The lowest BCUT2D eigenvalue weighted by molar-refractivity contribution is -0.139. The summed E-state index contributed by atoms with van der Waals surface area (Å²) in [6, 6.07) is 9.59. The minimum atomic E-state index is -4.94. The number of hydrogen-bond acceptors (Lipinski definition) is 16. The first-order valence-electron chi connectivity index (χ1n) is 24.8. The molecule has 0 unspecified atom stereocenters. The molecule has 28 heteroatoms. The van der Waals surface area contributed by atoms with Gasteiger partial charge in [0, 0.05) is 23.9 Å². The third kappa shape index (κ3) is 14.0. The number of sulfone groups is 2. The van der Waals surface area contributed by atoms with E-state index in [4.69, 9.17) is 18.9 Å². The molecule has 0 radical (unpaired) electrons. The van der Waals surface area contributed by atoms with Gasteiger partial charge in [0.25, 0.3) is 0 Å². The Labute approximate surface area is 477 Å². The SMILES string of the molecule is C=CCOC(=O)C1=C(C)N(c2cccc(C(F)(F)F)c2)C(=O)N(C(=O)OCCCCCCOC(=O)N2C(=O)N(c3cccc(C(F)(F)F)c3)C(C)=C(C(=O)OCC=C)[C@H]2c2ccc(C#N)cc2S(C)(=O)=O)[C@@H]1c1ccc(C#N)cc1S(C)(=O)=O. The number of anilines is 2. The molecule has 6 rings (SSSR count). The number of urea groups is 2. The van der Waals surface area contributed by atoms with Crippen LogP contribution < -0.4 is 9.80 Å². The van der Waals surface area contributed by atoms with Gasteiger partial charge in [-0.2, -0.15) is 36.9 Å². The summed E-state index contributed by atoms with van der Waals surface area (Å²) in [6.07, 6.45) is -8.95. The number of nitriles is 2. The summed E-state index contributed by atoms with van der Waals surface area (Å²) in [4.78, 5) is 86.8. The second kappa shape index (κ2) is 25.9. The normalized spacial score (nSPS) is 16.0. The van der Waals surface area contributed by atoms with E-state index in [0.29, 0.717) is 43.9 Å². The minimum Gasteiger partial charge on any atom is -0.458 e. The van der Waals surface area contributed by atoms with Crippen LogP contribution in [0, 0.1) is 22.7 Å². The Bertz CT molecular complexity index is 3500. The summed E-state index contributed by atoms with van der Waals surface area (Å²) in [5.41, 5.74) is -6.59. The van der Waals surface area contributed by atoms with Crippen LogP contribution in [0.5, 0.6) is 0 Å².